The molecular formula is C23H23BrO8. The first kappa shape index (κ1) is 25.1. The summed E-state index contributed by atoms with van der Waals surface area (Å²) in [5.41, 5.74) is -0.954. The fraction of sp³-hybridized carbons (Fsp3) is 0.304. The molecule has 32 heavy (non-hydrogen) atoms. The highest BCUT2D eigenvalue weighted by Gasteiger charge is 2.35. The smallest absolute Gasteiger partial charge is 0.340 e. The number of phenols is 2. The van der Waals surface area contributed by atoms with Gasteiger partial charge in [-0.25, -0.2) is 4.79 Å². The average Bonchev–Trinajstić information content (AvgIpc) is 2.80. The van der Waals surface area contributed by atoms with Crippen molar-refractivity contribution < 1.29 is 38.9 Å². The normalized spacial score (nSPS) is 10.5. The van der Waals surface area contributed by atoms with E-state index in [-0.39, 0.29) is 25.9 Å². The molecule has 2 aromatic carbocycles. The van der Waals surface area contributed by atoms with E-state index in [1.165, 1.54) is 20.8 Å². The zero-order chi connectivity index (χ0) is 24.0. The molecule has 8 nitrogen and oxygen atoms in total. The van der Waals surface area contributed by atoms with E-state index in [0.29, 0.717) is 5.56 Å². The number of ketones is 2. The number of hydrogen-bond donors (Lipinski definition) is 2. The molecule has 0 heterocycles. The molecule has 0 saturated heterocycles. The SMILES string of the molecule is CCC(=O)Oc1c(O)c(O)c(C(=O)CC)c(C(=O)OCc2ccc(Br)cc2)c1C(=O)CC. The van der Waals surface area contributed by atoms with Crippen LogP contribution in [-0.2, 0) is 16.1 Å². The Balaban J connectivity index is 2.70. The molecule has 0 aliphatic carbocycles. The van der Waals surface area contributed by atoms with Gasteiger partial charge in [-0.05, 0) is 17.7 Å². The topological polar surface area (TPSA) is 127 Å². The average molecular weight is 507 g/mol. The first-order valence-corrected chi connectivity index (χ1v) is 10.8. The highest BCUT2D eigenvalue weighted by Crippen LogP contribution is 2.45. The minimum atomic E-state index is -1.08. The van der Waals surface area contributed by atoms with Gasteiger partial charge in [0.15, 0.2) is 23.1 Å². The summed E-state index contributed by atoms with van der Waals surface area (Å²) in [5, 5.41) is 20.9. The van der Waals surface area contributed by atoms with Crippen LogP contribution in [0.1, 0.15) is 76.7 Å². The molecule has 0 aliphatic rings. The van der Waals surface area contributed by atoms with E-state index in [1.807, 2.05) is 0 Å². The number of hydrogen-bond acceptors (Lipinski definition) is 8. The van der Waals surface area contributed by atoms with Gasteiger partial charge in [0.25, 0.3) is 0 Å². The Bertz CT molecular complexity index is 1060. The van der Waals surface area contributed by atoms with Gasteiger partial charge < -0.3 is 19.7 Å². The lowest BCUT2D eigenvalue weighted by Crippen LogP contribution is -2.20. The second kappa shape index (κ2) is 10.9. The van der Waals surface area contributed by atoms with Crippen molar-refractivity contribution >= 4 is 39.4 Å². The minimum Gasteiger partial charge on any atom is -0.504 e. The molecule has 2 aromatic rings. The predicted octanol–water partition coefficient (Wildman–Crippen LogP) is 4.72. The van der Waals surface area contributed by atoms with E-state index in [9.17, 15) is 29.4 Å². The number of benzene rings is 2. The summed E-state index contributed by atoms with van der Waals surface area (Å²) in [6.45, 7) is 4.29. The number of esters is 2. The van der Waals surface area contributed by atoms with Crippen molar-refractivity contribution in [3.05, 3.63) is 51.0 Å². The maximum atomic E-state index is 13.1. The van der Waals surface area contributed by atoms with Crippen LogP contribution < -0.4 is 4.74 Å². The van der Waals surface area contributed by atoms with Gasteiger partial charge in [0.05, 0.1) is 16.7 Å². The van der Waals surface area contributed by atoms with Gasteiger partial charge in [-0.2, -0.15) is 0 Å². The molecule has 9 heteroatoms. The molecule has 0 fully saturated rings. The Kier molecular flexibility index (Phi) is 8.54. The maximum absolute atomic E-state index is 13.1. The fourth-order valence-corrected chi connectivity index (χ4v) is 3.15. The van der Waals surface area contributed by atoms with Crippen molar-refractivity contribution in [2.75, 3.05) is 0 Å². The van der Waals surface area contributed by atoms with Crippen molar-refractivity contribution in [3.63, 3.8) is 0 Å². The highest BCUT2D eigenvalue weighted by molar-refractivity contribution is 9.10. The number of carbonyl (C=O) groups is 4. The van der Waals surface area contributed by atoms with Crippen LogP contribution in [-0.4, -0.2) is 33.7 Å². The Morgan fingerprint density at radius 2 is 1.38 bits per heavy atom. The Labute approximate surface area is 193 Å². The maximum Gasteiger partial charge on any atom is 0.340 e. The first-order valence-electron chi connectivity index (χ1n) is 9.96. The number of aromatic hydroxyl groups is 2. The quantitative estimate of drug-likeness (QED) is 0.216. The third kappa shape index (κ3) is 5.34. The van der Waals surface area contributed by atoms with E-state index in [2.05, 4.69) is 15.9 Å². The Morgan fingerprint density at radius 1 is 0.812 bits per heavy atom. The molecule has 170 valence electrons. The van der Waals surface area contributed by atoms with Crippen molar-refractivity contribution in [3.8, 4) is 17.2 Å². The standard InChI is InChI=1S/C23H23BrO8/c1-4-14(25)17-19(23(30)31-11-12-7-9-13(24)10-8-12)18(15(26)5-2)22(21(29)20(17)28)32-16(27)6-3/h7-10,28-29H,4-6,11H2,1-3H3. The summed E-state index contributed by atoms with van der Waals surface area (Å²) in [5.74, 6) is -5.88. The molecule has 0 atom stereocenters. The van der Waals surface area contributed by atoms with Crippen LogP contribution in [0.25, 0.3) is 0 Å². The monoisotopic (exact) mass is 506 g/mol. The second-order valence-corrected chi connectivity index (χ2v) is 7.65. The zero-order valence-electron chi connectivity index (χ0n) is 17.9. The van der Waals surface area contributed by atoms with Crippen LogP contribution in [0, 0.1) is 0 Å². The second-order valence-electron chi connectivity index (χ2n) is 6.74. The third-order valence-electron chi connectivity index (χ3n) is 4.60. The number of ether oxygens (including phenoxy) is 2. The van der Waals surface area contributed by atoms with Gasteiger partial charge in [-0.15, -0.1) is 0 Å². The fourth-order valence-electron chi connectivity index (χ4n) is 2.88. The summed E-state index contributed by atoms with van der Waals surface area (Å²) in [7, 11) is 0. The third-order valence-corrected chi connectivity index (χ3v) is 5.12. The molecule has 0 radical (unpaired) electrons. The van der Waals surface area contributed by atoms with Crippen molar-refractivity contribution in [1.82, 2.24) is 0 Å². The summed E-state index contributed by atoms with van der Waals surface area (Å²) in [6, 6.07) is 6.90. The number of rotatable bonds is 9. The number of phenolic OH excluding ortho intramolecular Hbond substituents is 2. The number of halogens is 1. The van der Waals surface area contributed by atoms with Crippen molar-refractivity contribution in [2.24, 2.45) is 0 Å². The molecule has 0 unspecified atom stereocenters. The van der Waals surface area contributed by atoms with Gasteiger partial charge >= 0.3 is 11.9 Å². The van der Waals surface area contributed by atoms with Crippen molar-refractivity contribution in [1.29, 1.82) is 0 Å². The van der Waals surface area contributed by atoms with E-state index < -0.39 is 57.4 Å². The summed E-state index contributed by atoms with van der Waals surface area (Å²) < 4.78 is 11.2. The van der Waals surface area contributed by atoms with Crippen LogP contribution in [0.3, 0.4) is 0 Å². The van der Waals surface area contributed by atoms with Crippen LogP contribution in [0.5, 0.6) is 17.2 Å². The molecule has 2 rings (SSSR count). The van der Waals surface area contributed by atoms with Gasteiger partial charge in [0.1, 0.15) is 6.61 Å². The molecule has 0 amide bonds. The van der Waals surface area contributed by atoms with Gasteiger partial charge in [-0.1, -0.05) is 48.8 Å². The molecule has 2 N–H and O–H groups in total. The molecule has 0 aliphatic heterocycles. The summed E-state index contributed by atoms with van der Waals surface area (Å²) in [4.78, 5) is 50.3. The Hall–Kier alpha value is -3.20. The lowest BCUT2D eigenvalue weighted by molar-refractivity contribution is -0.134. The van der Waals surface area contributed by atoms with Crippen LogP contribution in [0.2, 0.25) is 0 Å². The first-order chi connectivity index (χ1) is 15.2. The van der Waals surface area contributed by atoms with Crippen LogP contribution in [0.15, 0.2) is 28.7 Å². The van der Waals surface area contributed by atoms with Gasteiger partial charge in [0, 0.05) is 23.7 Å². The van der Waals surface area contributed by atoms with Gasteiger partial charge in [0.2, 0.25) is 5.75 Å². The van der Waals surface area contributed by atoms with E-state index in [4.69, 9.17) is 9.47 Å². The summed E-state index contributed by atoms with van der Waals surface area (Å²) in [6.07, 6.45) is -0.361. The van der Waals surface area contributed by atoms with Crippen LogP contribution in [0.4, 0.5) is 0 Å². The molecule has 0 bridgehead atoms. The summed E-state index contributed by atoms with van der Waals surface area (Å²) >= 11 is 3.30. The Morgan fingerprint density at radius 3 is 1.91 bits per heavy atom. The van der Waals surface area contributed by atoms with E-state index in [1.54, 1.807) is 24.3 Å². The largest absolute Gasteiger partial charge is 0.504 e. The minimum absolute atomic E-state index is 0.0983. The highest BCUT2D eigenvalue weighted by atomic mass is 79.9. The van der Waals surface area contributed by atoms with Crippen molar-refractivity contribution in [2.45, 2.75) is 46.6 Å². The molecule has 0 saturated carbocycles. The van der Waals surface area contributed by atoms with E-state index >= 15 is 0 Å². The lowest BCUT2D eigenvalue weighted by atomic mass is 9.91. The predicted molar refractivity (Wildman–Crippen MR) is 118 cm³/mol. The van der Waals surface area contributed by atoms with Gasteiger partial charge in [-0.3, -0.25) is 14.4 Å². The van der Waals surface area contributed by atoms with Crippen LogP contribution >= 0.6 is 15.9 Å². The number of Topliss-reactive ketones (excluding diaryl/α,β-unsaturated/α-hetero) is 2. The lowest BCUT2D eigenvalue weighted by Gasteiger charge is -2.19. The zero-order valence-corrected chi connectivity index (χ0v) is 19.4. The molecule has 0 spiro atoms. The molecule has 0 aromatic heterocycles. The number of carbonyl (C=O) groups excluding carboxylic acids is 4. The van der Waals surface area contributed by atoms with E-state index in [0.717, 1.165) is 4.47 Å². The molecular weight excluding hydrogens is 484 g/mol.